The van der Waals surface area contributed by atoms with Gasteiger partial charge >= 0.3 is 7.60 Å². The van der Waals surface area contributed by atoms with Gasteiger partial charge < -0.3 is 14.2 Å². The normalized spacial score (nSPS) is 12.5. The van der Waals surface area contributed by atoms with Gasteiger partial charge in [0.1, 0.15) is 0 Å². The lowest BCUT2D eigenvalue weighted by Gasteiger charge is -2.20. The number of benzene rings is 1. The molecule has 0 aliphatic heterocycles. The van der Waals surface area contributed by atoms with Crippen molar-refractivity contribution in [3.8, 4) is 0 Å². The van der Waals surface area contributed by atoms with Crippen LogP contribution in [0.1, 0.15) is 30.2 Å². The van der Waals surface area contributed by atoms with E-state index in [2.05, 4.69) is 0 Å². The third kappa shape index (κ3) is 5.11. The zero-order valence-corrected chi connectivity index (χ0v) is 14.9. The highest BCUT2D eigenvalue weighted by Crippen LogP contribution is 2.61. The average Bonchev–Trinajstić information content (AvgIpc) is 2.86. The Balaban J connectivity index is 0.000000816. The fourth-order valence-corrected chi connectivity index (χ4v) is 4.54. The quantitative estimate of drug-likeness (QED) is 0.569. The maximum Gasteiger partial charge on any atom is 0.369 e. The molecule has 0 saturated heterocycles. The van der Waals surface area contributed by atoms with Crippen molar-refractivity contribution in [2.45, 2.75) is 26.7 Å². The molecule has 1 aromatic carbocycles. The van der Waals surface area contributed by atoms with Gasteiger partial charge in [-0.15, -0.1) is 11.3 Å². The Kier molecular flexibility index (Phi) is 7.85. The predicted molar refractivity (Wildman–Crippen MR) is 90.0 cm³/mol. The molecule has 1 aromatic heterocycles. The molecule has 0 radical (unpaired) electrons. The van der Waals surface area contributed by atoms with Crippen molar-refractivity contribution >= 4 is 35.5 Å². The SMILES string of the molecule is CCOP(=O)(OCC)C(F)c1ccc2sc(C)cc2c1.O=CO. The second-order valence-corrected chi connectivity index (χ2v) is 7.81. The fraction of sp³-hybridized carbons (Fsp3) is 0.400. The van der Waals surface area contributed by atoms with E-state index in [1.807, 2.05) is 19.1 Å². The number of carboxylic acid groups (broad SMARTS) is 1. The number of halogens is 1. The van der Waals surface area contributed by atoms with E-state index in [4.69, 9.17) is 18.9 Å². The first-order valence-electron chi connectivity index (χ1n) is 7.02. The molecule has 128 valence electrons. The van der Waals surface area contributed by atoms with Gasteiger partial charge in [0.2, 0.25) is 5.91 Å². The van der Waals surface area contributed by atoms with Crippen LogP contribution < -0.4 is 0 Å². The van der Waals surface area contributed by atoms with Crippen molar-refractivity contribution in [1.82, 2.24) is 0 Å². The van der Waals surface area contributed by atoms with Crippen LogP contribution >= 0.6 is 18.9 Å². The van der Waals surface area contributed by atoms with Gasteiger partial charge in [-0.1, -0.05) is 6.07 Å². The molecule has 0 fully saturated rings. The van der Waals surface area contributed by atoms with Gasteiger partial charge in [-0.2, -0.15) is 0 Å². The Bertz CT molecular complexity index is 678. The molecular weight excluding hydrogens is 342 g/mol. The highest BCUT2D eigenvalue weighted by Gasteiger charge is 2.37. The summed E-state index contributed by atoms with van der Waals surface area (Å²) in [7, 11) is -3.77. The number of thiophene rings is 1. The van der Waals surface area contributed by atoms with Crippen molar-refractivity contribution in [3.63, 3.8) is 0 Å². The zero-order chi connectivity index (χ0) is 17.5. The van der Waals surface area contributed by atoms with Crippen LogP contribution in [0.5, 0.6) is 0 Å². The van der Waals surface area contributed by atoms with Gasteiger partial charge in [-0.25, -0.2) is 4.39 Å². The third-order valence-corrected chi connectivity index (χ3v) is 5.96. The lowest BCUT2D eigenvalue weighted by Crippen LogP contribution is -2.02. The fourth-order valence-electron chi connectivity index (χ4n) is 2.05. The number of hydrogen-bond acceptors (Lipinski definition) is 5. The largest absolute Gasteiger partial charge is 0.483 e. The lowest BCUT2D eigenvalue weighted by atomic mass is 10.2. The number of rotatable bonds is 6. The average molecular weight is 362 g/mol. The van der Waals surface area contributed by atoms with E-state index in [1.165, 1.54) is 0 Å². The Morgan fingerprint density at radius 3 is 2.39 bits per heavy atom. The van der Waals surface area contributed by atoms with Gasteiger partial charge in [0, 0.05) is 9.58 Å². The molecule has 0 aliphatic carbocycles. The van der Waals surface area contributed by atoms with E-state index in [0.29, 0.717) is 5.56 Å². The zero-order valence-electron chi connectivity index (χ0n) is 13.2. The minimum absolute atomic E-state index is 0.150. The smallest absolute Gasteiger partial charge is 0.369 e. The van der Waals surface area contributed by atoms with Crippen LogP contribution in [0.15, 0.2) is 24.3 Å². The molecule has 1 N–H and O–H groups in total. The Labute approximate surface area is 138 Å². The van der Waals surface area contributed by atoms with E-state index in [0.717, 1.165) is 15.0 Å². The first-order valence-corrected chi connectivity index (χ1v) is 9.45. The Morgan fingerprint density at radius 2 is 1.87 bits per heavy atom. The Morgan fingerprint density at radius 1 is 1.30 bits per heavy atom. The molecule has 0 aliphatic rings. The monoisotopic (exact) mass is 362 g/mol. The summed E-state index contributed by atoms with van der Waals surface area (Å²) in [6, 6.07) is 7.20. The molecule has 23 heavy (non-hydrogen) atoms. The number of hydrogen-bond donors (Lipinski definition) is 1. The van der Waals surface area contributed by atoms with Crippen LogP contribution in [0, 0.1) is 6.92 Å². The molecule has 0 spiro atoms. The molecule has 5 nitrogen and oxygen atoms in total. The molecular formula is C15H20FO5PS. The summed E-state index contributed by atoms with van der Waals surface area (Å²) in [5, 5.41) is 7.84. The van der Waals surface area contributed by atoms with Crippen molar-refractivity contribution in [3.05, 3.63) is 34.7 Å². The standard InChI is InChI=1S/C14H18FO3PS.CH2O2/c1-4-17-19(16,18-5-2)14(15)11-6-7-13-12(9-11)8-10(3)20-13;2-1-3/h6-9,14H,4-5H2,1-3H3;1H,(H,2,3). The van der Waals surface area contributed by atoms with Crippen molar-refractivity contribution in [1.29, 1.82) is 0 Å². The van der Waals surface area contributed by atoms with E-state index in [9.17, 15) is 8.96 Å². The summed E-state index contributed by atoms with van der Waals surface area (Å²) in [5.41, 5.74) is 0.334. The van der Waals surface area contributed by atoms with Gasteiger partial charge in [0.05, 0.1) is 13.2 Å². The van der Waals surface area contributed by atoms with Gasteiger partial charge in [-0.3, -0.25) is 9.36 Å². The first-order chi connectivity index (χ1) is 10.9. The lowest BCUT2D eigenvalue weighted by molar-refractivity contribution is -0.122. The highest BCUT2D eigenvalue weighted by molar-refractivity contribution is 7.54. The summed E-state index contributed by atoms with van der Waals surface area (Å²) in [5.74, 6) is -1.76. The summed E-state index contributed by atoms with van der Waals surface area (Å²) >= 11 is 1.65. The second-order valence-electron chi connectivity index (χ2n) is 4.47. The molecule has 0 bridgehead atoms. The number of fused-ring (bicyclic) bond motifs is 1. The van der Waals surface area contributed by atoms with Crippen molar-refractivity contribution in [2.75, 3.05) is 13.2 Å². The van der Waals surface area contributed by atoms with Crippen LogP contribution in [0.4, 0.5) is 4.39 Å². The van der Waals surface area contributed by atoms with Gasteiger partial charge in [-0.05, 0) is 49.9 Å². The van der Waals surface area contributed by atoms with E-state index >= 15 is 0 Å². The molecule has 2 aromatic rings. The maximum absolute atomic E-state index is 14.6. The van der Waals surface area contributed by atoms with Crippen LogP contribution in [-0.2, 0) is 18.4 Å². The minimum Gasteiger partial charge on any atom is -0.483 e. The second kappa shape index (κ2) is 9.13. The van der Waals surface area contributed by atoms with Crippen LogP contribution in [0.25, 0.3) is 10.1 Å². The summed E-state index contributed by atoms with van der Waals surface area (Å²) in [6.45, 7) is 5.39. The van der Waals surface area contributed by atoms with Gasteiger partial charge in [0.15, 0.2) is 0 Å². The van der Waals surface area contributed by atoms with Crippen LogP contribution in [-0.4, -0.2) is 24.8 Å². The number of alkyl halides is 1. The number of aryl methyl sites for hydroxylation is 1. The molecule has 1 heterocycles. The first kappa shape index (κ1) is 19.8. The summed E-state index contributed by atoms with van der Waals surface area (Å²) in [6.07, 6.45) is 0. The third-order valence-electron chi connectivity index (χ3n) is 2.83. The summed E-state index contributed by atoms with van der Waals surface area (Å²) in [4.78, 5) is 9.52. The molecule has 2 rings (SSSR count). The van der Waals surface area contributed by atoms with Crippen LogP contribution in [0.3, 0.4) is 0 Å². The minimum atomic E-state index is -3.77. The molecule has 8 heteroatoms. The molecule has 0 amide bonds. The number of carbonyl (C=O) groups is 1. The highest BCUT2D eigenvalue weighted by atomic mass is 32.1. The van der Waals surface area contributed by atoms with E-state index in [-0.39, 0.29) is 19.7 Å². The topological polar surface area (TPSA) is 72.8 Å². The van der Waals surface area contributed by atoms with E-state index < -0.39 is 13.5 Å². The molecule has 0 saturated carbocycles. The van der Waals surface area contributed by atoms with Crippen molar-refractivity contribution < 1.29 is 27.9 Å². The molecule has 1 atom stereocenters. The Hall–Kier alpha value is -1.27. The molecule has 1 unspecified atom stereocenters. The predicted octanol–water partition coefficient (Wildman–Crippen LogP) is 5.14. The summed E-state index contributed by atoms with van der Waals surface area (Å²) < 4.78 is 38.2. The van der Waals surface area contributed by atoms with Gasteiger partial charge in [0.25, 0.3) is 6.47 Å². The van der Waals surface area contributed by atoms with E-state index in [1.54, 1.807) is 37.3 Å². The van der Waals surface area contributed by atoms with Crippen LogP contribution in [0.2, 0.25) is 0 Å². The maximum atomic E-state index is 14.6. The van der Waals surface area contributed by atoms with Crippen molar-refractivity contribution in [2.24, 2.45) is 0 Å².